The number of carboxylic acids is 1. The Balaban J connectivity index is 1.62. The molecule has 0 radical (unpaired) electrons. The van der Waals surface area contributed by atoms with E-state index in [0.29, 0.717) is 6.04 Å². The molecule has 0 bridgehead atoms. The first-order valence-corrected chi connectivity index (χ1v) is 10.1. The minimum Gasteiger partial charge on any atom is -0.481 e. The van der Waals surface area contributed by atoms with Gasteiger partial charge in [-0.25, -0.2) is 0 Å². The van der Waals surface area contributed by atoms with E-state index < -0.39 is 5.97 Å². The third-order valence-corrected chi connectivity index (χ3v) is 6.15. The first kappa shape index (κ1) is 17.6. The summed E-state index contributed by atoms with van der Waals surface area (Å²) in [6.45, 7) is 2.23. The first-order valence-electron chi connectivity index (χ1n) is 10.1. The monoisotopic (exact) mass is 383 g/mol. The largest absolute Gasteiger partial charge is 0.481 e. The predicted octanol–water partition coefficient (Wildman–Crippen LogP) is 3.10. The average Bonchev–Trinajstić information content (AvgIpc) is 3.33. The summed E-state index contributed by atoms with van der Waals surface area (Å²) in [5.74, 6) is 0.743. The number of nitrogens with one attached hydrogen (secondary N) is 1. The van der Waals surface area contributed by atoms with Gasteiger partial charge in [0.2, 0.25) is 6.79 Å². The van der Waals surface area contributed by atoms with Gasteiger partial charge in [-0.1, -0.05) is 0 Å². The van der Waals surface area contributed by atoms with Crippen molar-refractivity contribution < 1.29 is 19.4 Å². The second kappa shape index (κ2) is 7.13. The Kier molecular flexibility index (Phi) is 4.47. The summed E-state index contributed by atoms with van der Waals surface area (Å²) in [5, 5.41) is 17.9. The fourth-order valence-electron chi connectivity index (χ4n) is 4.85. The SMILES string of the molecule is O=C(O)CC1CCCc2c1c(-c1ccc3c(c1)OCO3)nn2C1CCNCC1. The molecule has 2 aliphatic heterocycles. The van der Waals surface area contributed by atoms with Crippen molar-refractivity contribution in [1.29, 1.82) is 0 Å². The van der Waals surface area contributed by atoms with Crippen LogP contribution in [-0.4, -0.2) is 40.7 Å². The van der Waals surface area contributed by atoms with Crippen LogP contribution in [0, 0.1) is 0 Å². The molecule has 1 fully saturated rings. The Morgan fingerprint density at radius 3 is 2.86 bits per heavy atom. The number of aromatic nitrogens is 2. The minimum atomic E-state index is -0.746. The van der Waals surface area contributed by atoms with Gasteiger partial charge in [-0.05, 0) is 69.3 Å². The Bertz CT molecular complexity index is 901. The van der Waals surface area contributed by atoms with Crippen LogP contribution in [0.3, 0.4) is 0 Å². The molecule has 28 heavy (non-hydrogen) atoms. The molecular weight excluding hydrogens is 358 g/mol. The highest BCUT2D eigenvalue weighted by atomic mass is 16.7. The van der Waals surface area contributed by atoms with E-state index in [1.54, 1.807) is 0 Å². The van der Waals surface area contributed by atoms with E-state index in [1.807, 2.05) is 18.2 Å². The van der Waals surface area contributed by atoms with Crippen molar-refractivity contribution >= 4 is 5.97 Å². The number of carboxylic acid groups (broad SMARTS) is 1. The van der Waals surface area contributed by atoms with Crippen LogP contribution in [0.4, 0.5) is 0 Å². The average molecular weight is 383 g/mol. The van der Waals surface area contributed by atoms with Crippen LogP contribution in [0.1, 0.15) is 55.3 Å². The van der Waals surface area contributed by atoms with Crippen molar-refractivity contribution in [2.24, 2.45) is 0 Å². The van der Waals surface area contributed by atoms with E-state index in [4.69, 9.17) is 14.6 Å². The van der Waals surface area contributed by atoms with Gasteiger partial charge in [-0.15, -0.1) is 0 Å². The highest BCUT2D eigenvalue weighted by Gasteiger charge is 2.33. The lowest BCUT2D eigenvalue weighted by Gasteiger charge is -2.27. The molecule has 2 aromatic rings. The topological polar surface area (TPSA) is 85.6 Å². The van der Waals surface area contributed by atoms with Crippen molar-refractivity contribution in [3.05, 3.63) is 29.5 Å². The van der Waals surface area contributed by atoms with Crippen LogP contribution in [0.15, 0.2) is 18.2 Å². The number of ether oxygens (including phenoxy) is 2. The zero-order valence-corrected chi connectivity index (χ0v) is 15.8. The van der Waals surface area contributed by atoms with E-state index >= 15 is 0 Å². The van der Waals surface area contributed by atoms with Gasteiger partial charge >= 0.3 is 5.97 Å². The van der Waals surface area contributed by atoms with Gasteiger partial charge in [0.25, 0.3) is 0 Å². The molecule has 7 nitrogen and oxygen atoms in total. The smallest absolute Gasteiger partial charge is 0.303 e. The summed E-state index contributed by atoms with van der Waals surface area (Å²) in [6.07, 6.45) is 5.14. The fourth-order valence-corrected chi connectivity index (χ4v) is 4.85. The molecule has 1 saturated heterocycles. The quantitative estimate of drug-likeness (QED) is 0.844. The van der Waals surface area contributed by atoms with Gasteiger partial charge in [0.05, 0.1) is 18.2 Å². The number of fused-ring (bicyclic) bond motifs is 2. The summed E-state index contributed by atoms with van der Waals surface area (Å²) in [5.41, 5.74) is 4.26. The summed E-state index contributed by atoms with van der Waals surface area (Å²) >= 11 is 0. The van der Waals surface area contributed by atoms with Crippen molar-refractivity contribution in [3.63, 3.8) is 0 Å². The first-order chi connectivity index (χ1) is 13.7. The molecule has 148 valence electrons. The number of carbonyl (C=O) groups is 1. The van der Waals surface area contributed by atoms with Crippen LogP contribution < -0.4 is 14.8 Å². The molecule has 1 atom stereocenters. The number of rotatable bonds is 4. The van der Waals surface area contributed by atoms with Crippen LogP contribution in [0.2, 0.25) is 0 Å². The number of nitrogens with zero attached hydrogens (tertiary/aromatic N) is 2. The molecule has 1 unspecified atom stereocenters. The van der Waals surface area contributed by atoms with E-state index in [0.717, 1.165) is 73.5 Å². The molecule has 7 heteroatoms. The second-order valence-corrected chi connectivity index (χ2v) is 7.89. The molecule has 3 heterocycles. The number of benzene rings is 1. The molecule has 3 aliphatic rings. The maximum Gasteiger partial charge on any atom is 0.303 e. The summed E-state index contributed by atoms with van der Waals surface area (Å²) in [4.78, 5) is 11.5. The number of hydrogen-bond acceptors (Lipinski definition) is 5. The van der Waals surface area contributed by atoms with Crippen LogP contribution in [-0.2, 0) is 11.2 Å². The van der Waals surface area contributed by atoms with Gasteiger partial charge < -0.3 is 19.9 Å². The lowest BCUT2D eigenvalue weighted by Crippen LogP contribution is -2.31. The van der Waals surface area contributed by atoms with Crippen molar-refractivity contribution in [2.45, 2.75) is 50.5 Å². The molecular formula is C21H25N3O4. The van der Waals surface area contributed by atoms with E-state index in [1.165, 1.54) is 5.69 Å². The van der Waals surface area contributed by atoms with Crippen LogP contribution in [0.25, 0.3) is 11.3 Å². The Labute approximate surface area is 163 Å². The van der Waals surface area contributed by atoms with Crippen LogP contribution >= 0.6 is 0 Å². The third-order valence-electron chi connectivity index (χ3n) is 6.15. The normalized spacial score (nSPS) is 21.5. The van der Waals surface area contributed by atoms with Gasteiger partial charge in [-0.2, -0.15) is 5.10 Å². The number of aliphatic carboxylic acids is 1. The lowest BCUT2D eigenvalue weighted by atomic mass is 9.82. The Morgan fingerprint density at radius 2 is 2.04 bits per heavy atom. The molecule has 5 rings (SSSR count). The summed E-state index contributed by atoms with van der Waals surface area (Å²) in [6, 6.07) is 6.28. The number of hydrogen-bond donors (Lipinski definition) is 2. The minimum absolute atomic E-state index is 0.0112. The zero-order valence-electron chi connectivity index (χ0n) is 15.8. The van der Waals surface area contributed by atoms with Gasteiger partial charge in [-0.3, -0.25) is 9.48 Å². The molecule has 0 saturated carbocycles. The maximum absolute atomic E-state index is 11.5. The van der Waals surface area contributed by atoms with Gasteiger partial charge in [0.1, 0.15) is 0 Å². The highest BCUT2D eigenvalue weighted by Crippen LogP contribution is 2.44. The molecule has 2 N–H and O–H groups in total. The van der Waals surface area contributed by atoms with Gasteiger partial charge in [0.15, 0.2) is 11.5 Å². The Hall–Kier alpha value is -2.54. The van der Waals surface area contributed by atoms with Crippen molar-refractivity contribution in [2.75, 3.05) is 19.9 Å². The molecule has 0 spiro atoms. The molecule has 1 aromatic carbocycles. The maximum atomic E-state index is 11.5. The molecule has 1 aromatic heterocycles. The summed E-state index contributed by atoms with van der Waals surface area (Å²) in [7, 11) is 0. The van der Waals surface area contributed by atoms with Crippen molar-refractivity contribution in [3.8, 4) is 22.8 Å². The van der Waals surface area contributed by atoms with E-state index in [-0.39, 0.29) is 19.1 Å². The fraction of sp³-hybridized carbons (Fsp3) is 0.524. The van der Waals surface area contributed by atoms with Crippen LogP contribution in [0.5, 0.6) is 11.5 Å². The highest BCUT2D eigenvalue weighted by molar-refractivity contribution is 5.72. The van der Waals surface area contributed by atoms with E-state index in [2.05, 4.69) is 10.00 Å². The standard InChI is InChI=1S/C21H25N3O4/c25-19(26)11-13-2-1-3-16-20(13)21(23-24(16)15-6-8-22-9-7-15)14-4-5-17-18(10-14)28-12-27-17/h4-5,10,13,15,22H,1-3,6-9,11-12H2,(H,25,26). The summed E-state index contributed by atoms with van der Waals surface area (Å²) < 4.78 is 13.2. The Morgan fingerprint density at radius 1 is 1.21 bits per heavy atom. The van der Waals surface area contributed by atoms with Crippen molar-refractivity contribution in [1.82, 2.24) is 15.1 Å². The lowest BCUT2D eigenvalue weighted by molar-refractivity contribution is -0.137. The molecule has 0 amide bonds. The third kappa shape index (κ3) is 3.03. The molecule has 1 aliphatic carbocycles. The van der Waals surface area contributed by atoms with Gasteiger partial charge in [0, 0.05) is 16.8 Å². The van der Waals surface area contributed by atoms with E-state index in [9.17, 15) is 9.90 Å². The number of piperidine rings is 1. The zero-order chi connectivity index (χ0) is 19.1. The predicted molar refractivity (Wildman–Crippen MR) is 103 cm³/mol. The second-order valence-electron chi connectivity index (χ2n) is 7.89.